The molecule has 5 nitrogen and oxygen atoms in total. The van der Waals surface area contributed by atoms with E-state index < -0.39 is 0 Å². The van der Waals surface area contributed by atoms with Crippen LogP contribution in [0.25, 0.3) is 0 Å². The van der Waals surface area contributed by atoms with Crippen LogP contribution in [0, 0.1) is 11.3 Å². The number of benzene rings is 1. The van der Waals surface area contributed by atoms with E-state index in [1.165, 1.54) is 11.9 Å². The molecule has 1 aromatic carbocycles. The predicted octanol–water partition coefficient (Wildman–Crippen LogP) is 2.29. The van der Waals surface area contributed by atoms with Gasteiger partial charge in [0.1, 0.15) is 6.07 Å². The van der Waals surface area contributed by atoms with Crippen LogP contribution in [-0.4, -0.2) is 30.3 Å². The summed E-state index contributed by atoms with van der Waals surface area (Å²) in [5, 5.41) is 19.8. The van der Waals surface area contributed by atoms with Crippen LogP contribution in [0.4, 0.5) is 11.5 Å². The third-order valence-electron chi connectivity index (χ3n) is 3.00. The summed E-state index contributed by atoms with van der Waals surface area (Å²) >= 11 is 0. The van der Waals surface area contributed by atoms with Gasteiger partial charge in [-0.15, -0.1) is 5.10 Å². The zero-order valence-electron chi connectivity index (χ0n) is 11.5. The Morgan fingerprint density at radius 1 is 1.25 bits per heavy atom. The summed E-state index contributed by atoms with van der Waals surface area (Å²) in [5.41, 5.74) is 1.72. The minimum atomic E-state index is 0.524. The lowest BCUT2D eigenvalue weighted by Gasteiger charge is -2.19. The van der Waals surface area contributed by atoms with Crippen molar-refractivity contribution in [1.82, 2.24) is 10.2 Å². The van der Waals surface area contributed by atoms with Gasteiger partial charge in [-0.2, -0.15) is 10.4 Å². The molecule has 0 spiro atoms. The molecule has 0 aliphatic rings. The van der Waals surface area contributed by atoms with Crippen molar-refractivity contribution in [3.8, 4) is 6.07 Å². The monoisotopic (exact) mass is 267 g/mol. The lowest BCUT2D eigenvalue weighted by molar-refractivity contribution is 0.811. The minimum absolute atomic E-state index is 0.524. The largest absolute Gasteiger partial charge is 0.375 e. The summed E-state index contributed by atoms with van der Waals surface area (Å²) in [4.78, 5) is 2.20. The smallest absolute Gasteiger partial charge is 0.166 e. The van der Waals surface area contributed by atoms with Crippen LogP contribution in [0.1, 0.15) is 12.0 Å². The number of rotatable bonds is 6. The summed E-state index contributed by atoms with van der Waals surface area (Å²) in [5.74, 6) is 0.553. The molecule has 1 aromatic heterocycles. The molecule has 2 rings (SSSR count). The second-order valence-corrected chi connectivity index (χ2v) is 4.44. The number of anilines is 2. The summed E-state index contributed by atoms with van der Waals surface area (Å²) in [6.07, 6.45) is 2.47. The fraction of sp³-hybridized carbons (Fsp3) is 0.267. The summed E-state index contributed by atoms with van der Waals surface area (Å²) in [6.45, 7) is 1.68. The van der Waals surface area contributed by atoms with Crippen LogP contribution in [0.2, 0.25) is 0 Å². The van der Waals surface area contributed by atoms with Crippen molar-refractivity contribution in [2.24, 2.45) is 0 Å². The lowest BCUT2D eigenvalue weighted by Crippen LogP contribution is -2.21. The molecule has 1 heterocycles. The van der Waals surface area contributed by atoms with E-state index in [-0.39, 0.29) is 0 Å². The van der Waals surface area contributed by atoms with E-state index in [4.69, 9.17) is 5.26 Å². The number of aromatic nitrogens is 2. The first-order chi connectivity index (χ1) is 9.81. The maximum atomic E-state index is 8.95. The fourth-order valence-corrected chi connectivity index (χ4v) is 1.89. The van der Waals surface area contributed by atoms with Gasteiger partial charge in [0.25, 0.3) is 0 Å². The van der Waals surface area contributed by atoms with Gasteiger partial charge < -0.3 is 10.2 Å². The van der Waals surface area contributed by atoms with E-state index in [2.05, 4.69) is 45.7 Å². The Kier molecular flexibility index (Phi) is 4.90. The minimum Gasteiger partial charge on any atom is -0.375 e. The van der Waals surface area contributed by atoms with Gasteiger partial charge in [-0.1, -0.05) is 18.2 Å². The van der Waals surface area contributed by atoms with Crippen molar-refractivity contribution in [3.63, 3.8) is 0 Å². The molecular formula is C15H17N5. The average Bonchev–Trinajstić information content (AvgIpc) is 2.52. The van der Waals surface area contributed by atoms with Crippen molar-refractivity contribution in [2.75, 3.05) is 30.4 Å². The molecule has 0 fully saturated rings. The highest BCUT2D eigenvalue weighted by molar-refractivity contribution is 5.50. The fourth-order valence-electron chi connectivity index (χ4n) is 1.89. The average molecular weight is 267 g/mol. The van der Waals surface area contributed by atoms with Gasteiger partial charge >= 0.3 is 0 Å². The highest BCUT2D eigenvalue weighted by Gasteiger charge is 2.03. The summed E-state index contributed by atoms with van der Waals surface area (Å²) < 4.78 is 0. The first-order valence-corrected chi connectivity index (χ1v) is 6.53. The van der Waals surface area contributed by atoms with Crippen LogP contribution in [-0.2, 0) is 0 Å². The Morgan fingerprint density at radius 2 is 2.05 bits per heavy atom. The van der Waals surface area contributed by atoms with Crippen LogP contribution >= 0.6 is 0 Å². The molecule has 0 saturated carbocycles. The van der Waals surface area contributed by atoms with Gasteiger partial charge in [-0.3, -0.25) is 0 Å². The second kappa shape index (κ2) is 7.10. The van der Waals surface area contributed by atoms with Crippen molar-refractivity contribution < 1.29 is 0 Å². The molecule has 0 aliphatic carbocycles. The van der Waals surface area contributed by atoms with Gasteiger partial charge in [0.2, 0.25) is 0 Å². The molecule has 0 radical (unpaired) electrons. The number of nitrogens with zero attached hydrogens (tertiary/aromatic N) is 4. The SMILES string of the molecule is CN(CCCNc1nnccc1C#N)c1ccccc1. The molecule has 20 heavy (non-hydrogen) atoms. The zero-order valence-corrected chi connectivity index (χ0v) is 11.5. The number of hydrogen-bond donors (Lipinski definition) is 1. The molecule has 5 heteroatoms. The van der Waals surface area contributed by atoms with Gasteiger partial charge in [0.05, 0.1) is 11.8 Å². The quantitative estimate of drug-likeness (QED) is 0.813. The summed E-state index contributed by atoms with van der Waals surface area (Å²) in [6, 6.07) is 14.0. The van der Waals surface area contributed by atoms with E-state index in [0.717, 1.165) is 19.5 Å². The molecule has 1 N–H and O–H groups in total. The van der Waals surface area contributed by atoms with Gasteiger partial charge in [-0.05, 0) is 24.6 Å². The second-order valence-electron chi connectivity index (χ2n) is 4.44. The Labute approximate surface area is 118 Å². The van der Waals surface area contributed by atoms with Gasteiger partial charge in [-0.25, -0.2) is 0 Å². The van der Waals surface area contributed by atoms with E-state index in [0.29, 0.717) is 11.4 Å². The predicted molar refractivity (Wildman–Crippen MR) is 79.6 cm³/mol. The third kappa shape index (κ3) is 3.69. The van der Waals surface area contributed by atoms with Crippen LogP contribution in [0.3, 0.4) is 0 Å². The van der Waals surface area contributed by atoms with Gasteiger partial charge in [0.15, 0.2) is 5.82 Å². The zero-order chi connectivity index (χ0) is 14.2. The first kappa shape index (κ1) is 13.8. The van der Waals surface area contributed by atoms with Crippen molar-refractivity contribution in [3.05, 3.63) is 48.2 Å². The molecule has 102 valence electrons. The Morgan fingerprint density at radius 3 is 2.80 bits per heavy atom. The summed E-state index contributed by atoms with van der Waals surface area (Å²) in [7, 11) is 2.07. The van der Waals surface area contributed by atoms with Gasteiger partial charge in [0, 0.05) is 25.8 Å². The number of para-hydroxylation sites is 1. The number of nitrogens with one attached hydrogen (secondary N) is 1. The number of nitriles is 1. The standard InChI is InChI=1S/C15H17N5/c1-20(14-6-3-2-4-7-14)11-5-9-17-15-13(12-16)8-10-18-19-15/h2-4,6-8,10H,5,9,11H2,1H3,(H,17,19). The number of hydrogen-bond acceptors (Lipinski definition) is 5. The Hall–Kier alpha value is -2.61. The Balaban J connectivity index is 1.78. The van der Waals surface area contributed by atoms with Crippen molar-refractivity contribution >= 4 is 11.5 Å². The Bertz CT molecular complexity index is 576. The van der Waals surface area contributed by atoms with Crippen molar-refractivity contribution in [2.45, 2.75) is 6.42 Å². The molecule has 0 bridgehead atoms. The molecular weight excluding hydrogens is 250 g/mol. The van der Waals surface area contributed by atoms with Crippen LogP contribution in [0.15, 0.2) is 42.6 Å². The highest BCUT2D eigenvalue weighted by Crippen LogP contribution is 2.11. The first-order valence-electron chi connectivity index (χ1n) is 6.53. The molecule has 0 aliphatic heterocycles. The molecule has 0 saturated heterocycles. The molecule has 0 unspecified atom stereocenters. The maximum Gasteiger partial charge on any atom is 0.166 e. The lowest BCUT2D eigenvalue weighted by atomic mass is 10.2. The highest BCUT2D eigenvalue weighted by atomic mass is 15.2. The topological polar surface area (TPSA) is 64.8 Å². The van der Waals surface area contributed by atoms with Crippen LogP contribution < -0.4 is 10.2 Å². The third-order valence-corrected chi connectivity index (χ3v) is 3.00. The van der Waals surface area contributed by atoms with E-state index in [9.17, 15) is 0 Å². The molecule has 2 aromatic rings. The van der Waals surface area contributed by atoms with E-state index in [1.54, 1.807) is 6.07 Å². The van der Waals surface area contributed by atoms with Crippen LogP contribution in [0.5, 0.6) is 0 Å². The van der Waals surface area contributed by atoms with E-state index >= 15 is 0 Å². The van der Waals surface area contributed by atoms with Crippen molar-refractivity contribution in [1.29, 1.82) is 5.26 Å². The molecule has 0 amide bonds. The normalized spacial score (nSPS) is 9.80. The van der Waals surface area contributed by atoms with E-state index in [1.807, 2.05) is 18.2 Å². The maximum absolute atomic E-state index is 8.95. The molecule has 0 atom stereocenters.